The highest BCUT2D eigenvalue weighted by molar-refractivity contribution is 5.90. The Morgan fingerprint density at radius 2 is 1.81 bits per heavy atom. The Balaban J connectivity index is 4.43. The first kappa shape index (κ1) is 14.6. The van der Waals surface area contributed by atoms with Gasteiger partial charge in [0.2, 0.25) is 11.8 Å². The van der Waals surface area contributed by atoms with Crippen LogP contribution in [0.1, 0.15) is 20.8 Å². The van der Waals surface area contributed by atoms with E-state index in [9.17, 15) is 14.4 Å². The molecule has 6 heteroatoms. The van der Waals surface area contributed by atoms with Gasteiger partial charge in [-0.25, -0.2) is 0 Å². The number of nitrogens with one attached hydrogen (secondary N) is 2. The topological polar surface area (TPSA) is 101 Å². The monoisotopic (exact) mass is 229 g/mol. The average molecular weight is 229 g/mol. The molecule has 0 aromatic heterocycles. The van der Waals surface area contributed by atoms with Crippen LogP contribution in [0.3, 0.4) is 0 Å². The van der Waals surface area contributed by atoms with E-state index < -0.39 is 12.1 Å². The number of nitrogens with two attached hydrogens (primary N) is 1. The summed E-state index contributed by atoms with van der Waals surface area (Å²) in [5, 5.41) is 4.93. The summed E-state index contributed by atoms with van der Waals surface area (Å²) in [6.07, 6.45) is 0.586. The molecule has 0 aromatic carbocycles. The fraction of sp³-hybridized carbons (Fsp3) is 0.700. The van der Waals surface area contributed by atoms with Gasteiger partial charge in [-0.15, -0.1) is 0 Å². The Morgan fingerprint density at radius 1 is 1.25 bits per heavy atom. The smallest absolute Gasteiger partial charge is 0.243 e. The summed E-state index contributed by atoms with van der Waals surface area (Å²) in [5.74, 6) is -0.842. The zero-order chi connectivity index (χ0) is 12.7. The minimum atomic E-state index is -0.668. The molecule has 6 nitrogen and oxygen atoms in total. The number of hydrogen-bond acceptors (Lipinski definition) is 4. The van der Waals surface area contributed by atoms with E-state index in [1.54, 1.807) is 13.8 Å². The van der Waals surface area contributed by atoms with Crippen LogP contribution >= 0.6 is 0 Å². The Morgan fingerprint density at radius 3 is 2.19 bits per heavy atom. The van der Waals surface area contributed by atoms with Crippen LogP contribution < -0.4 is 16.4 Å². The van der Waals surface area contributed by atoms with Gasteiger partial charge in [0.15, 0.2) is 0 Å². The molecule has 0 aromatic rings. The lowest BCUT2D eigenvalue weighted by atomic mass is 10.0. The zero-order valence-corrected chi connectivity index (χ0v) is 9.82. The van der Waals surface area contributed by atoms with Crippen molar-refractivity contribution in [3.8, 4) is 0 Å². The molecule has 92 valence electrons. The molecule has 2 amide bonds. The molecular weight excluding hydrogens is 210 g/mol. The maximum absolute atomic E-state index is 11.6. The van der Waals surface area contributed by atoms with Gasteiger partial charge in [-0.1, -0.05) is 13.8 Å². The number of amides is 2. The number of rotatable bonds is 6. The van der Waals surface area contributed by atoms with Gasteiger partial charge in [0.25, 0.3) is 0 Å². The molecule has 2 atom stereocenters. The third-order valence-electron chi connectivity index (χ3n) is 2.02. The number of carbonyl (C=O) groups is 3. The Bertz CT molecular complexity index is 264. The molecular formula is C10H19N3O3. The van der Waals surface area contributed by atoms with Crippen LogP contribution in [0.2, 0.25) is 0 Å². The van der Waals surface area contributed by atoms with E-state index >= 15 is 0 Å². The molecule has 0 spiro atoms. The molecule has 0 unspecified atom stereocenters. The van der Waals surface area contributed by atoms with Crippen molar-refractivity contribution in [1.29, 1.82) is 0 Å². The van der Waals surface area contributed by atoms with E-state index in [2.05, 4.69) is 10.6 Å². The molecule has 0 aliphatic carbocycles. The van der Waals surface area contributed by atoms with Crippen molar-refractivity contribution < 1.29 is 14.4 Å². The summed E-state index contributed by atoms with van der Waals surface area (Å²) < 4.78 is 0. The lowest BCUT2D eigenvalue weighted by Gasteiger charge is -2.22. The summed E-state index contributed by atoms with van der Waals surface area (Å²) >= 11 is 0. The number of hydrogen-bond donors (Lipinski definition) is 3. The third kappa shape index (κ3) is 4.88. The first-order valence-corrected chi connectivity index (χ1v) is 5.17. The highest BCUT2D eigenvalue weighted by Gasteiger charge is 2.24. The lowest BCUT2D eigenvalue weighted by molar-refractivity contribution is -0.130. The first-order valence-electron chi connectivity index (χ1n) is 5.17. The van der Waals surface area contributed by atoms with E-state index in [0.29, 0.717) is 6.29 Å². The van der Waals surface area contributed by atoms with E-state index in [1.807, 2.05) is 0 Å². The Hall–Kier alpha value is -1.43. The SMILES string of the molecule is CC(C)[C@H](NC(=O)[C@H](C)N)C(=O)NCC=O. The van der Waals surface area contributed by atoms with Crippen LogP contribution in [0.5, 0.6) is 0 Å². The molecule has 0 heterocycles. The Kier molecular flexibility index (Phi) is 6.32. The second-order valence-electron chi connectivity index (χ2n) is 3.93. The van der Waals surface area contributed by atoms with Gasteiger partial charge in [0.05, 0.1) is 12.6 Å². The van der Waals surface area contributed by atoms with Crippen LogP contribution in [0.4, 0.5) is 0 Å². The molecule has 16 heavy (non-hydrogen) atoms. The van der Waals surface area contributed by atoms with Crippen molar-refractivity contribution >= 4 is 18.1 Å². The van der Waals surface area contributed by atoms with Crippen LogP contribution in [-0.2, 0) is 14.4 Å². The van der Waals surface area contributed by atoms with Crippen molar-refractivity contribution in [1.82, 2.24) is 10.6 Å². The molecule has 0 rings (SSSR count). The maximum atomic E-state index is 11.6. The summed E-state index contributed by atoms with van der Waals surface area (Å²) in [6.45, 7) is 5.07. The second-order valence-corrected chi connectivity index (χ2v) is 3.93. The fourth-order valence-electron chi connectivity index (χ4n) is 1.07. The van der Waals surface area contributed by atoms with Gasteiger partial charge < -0.3 is 21.2 Å². The van der Waals surface area contributed by atoms with E-state index in [-0.39, 0.29) is 24.3 Å². The van der Waals surface area contributed by atoms with Crippen molar-refractivity contribution in [3.05, 3.63) is 0 Å². The van der Waals surface area contributed by atoms with Crippen molar-refractivity contribution in [3.63, 3.8) is 0 Å². The molecule has 0 saturated heterocycles. The third-order valence-corrected chi connectivity index (χ3v) is 2.02. The van der Waals surface area contributed by atoms with Gasteiger partial charge in [-0.3, -0.25) is 9.59 Å². The number of carbonyl (C=O) groups excluding carboxylic acids is 3. The van der Waals surface area contributed by atoms with E-state index in [4.69, 9.17) is 5.73 Å². The van der Waals surface area contributed by atoms with Gasteiger partial charge >= 0.3 is 0 Å². The average Bonchev–Trinajstić information content (AvgIpc) is 2.21. The van der Waals surface area contributed by atoms with Crippen molar-refractivity contribution in [2.45, 2.75) is 32.9 Å². The van der Waals surface area contributed by atoms with Crippen molar-refractivity contribution in [2.24, 2.45) is 11.7 Å². The molecule has 0 aliphatic rings. The first-order chi connectivity index (χ1) is 7.40. The maximum Gasteiger partial charge on any atom is 0.243 e. The lowest BCUT2D eigenvalue weighted by Crippen LogP contribution is -2.53. The van der Waals surface area contributed by atoms with Gasteiger partial charge in [0, 0.05) is 0 Å². The van der Waals surface area contributed by atoms with Crippen LogP contribution in [0.15, 0.2) is 0 Å². The predicted molar refractivity (Wildman–Crippen MR) is 59.5 cm³/mol. The second kappa shape index (κ2) is 6.95. The molecule has 0 aliphatic heterocycles. The summed E-state index contributed by atoms with van der Waals surface area (Å²) in [5.41, 5.74) is 5.38. The molecule has 0 fully saturated rings. The quantitative estimate of drug-likeness (QED) is 0.497. The van der Waals surface area contributed by atoms with E-state index in [0.717, 1.165) is 0 Å². The van der Waals surface area contributed by atoms with Crippen LogP contribution in [-0.4, -0.2) is 36.7 Å². The highest BCUT2D eigenvalue weighted by Crippen LogP contribution is 2.01. The fourth-order valence-corrected chi connectivity index (χ4v) is 1.07. The zero-order valence-electron chi connectivity index (χ0n) is 9.82. The predicted octanol–water partition coefficient (Wildman–Crippen LogP) is -1.21. The highest BCUT2D eigenvalue weighted by atomic mass is 16.2. The van der Waals surface area contributed by atoms with Crippen molar-refractivity contribution in [2.75, 3.05) is 6.54 Å². The van der Waals surface area contributed by atoms with Crippen LogP contribution in [0, 0.1) is 5.92 Å². The summed E-state index contributed by atoms with van der Waals surface area (Å²) in [4.78, 5) is 33.0. The van der Waals surface area contributed by atoms with Gasteiger partial charge in [-0.2, -0.15) is 0 Å². The van der Waals surface area contributed by atoms with Gasteiger partial charge in [-0.05, 0) is 12.8 Å². The number of aldehydes is 1. The summed E-state index contributed by atoms with van der Waals surface area (Å²) in [7, 11) is 0. The van der Waals surface area contributed by atoms with Crippen LogP contribution in [0.25, 0.3) is 0 Å². The molecule has 0 saturated carbocycles. The van der Waals surface area contributed by atoms with Gasteiger partial charge in [0.1, 0.15) is 12.3 Å². The van der Waals surface area contributed by atoms with E-state index in [1.165, 1.54) is 6.92 Å². The molecule has 0 bridgehead atoms. The summed E-state index contributed by atoms with van der Waals surface area (Å²) in [6, 6.07) is -1.33. The standard InChI is InChI=1S/C10H19N3O3/c1-6(2)8(10(16)12-4-5-14)13-9(15)7(3)11/h5-8H,4,11H2,1-3H3,(H,12,16)(H,13,15)/t7-,8-/m0/s1. The Labute approximate surface area is 94.9 Å². The largest absolute Gasteiger partial charge is 0.348 e. The molecule has 0 radical (unpaired) electrons. The normalized spacial score (nSPS) is 14.1. The minimum Gasteiger partial charge on any atom is -0.348 e. The molecule has 4 N–H and O–H groups in total. The minimum absolute atomic E-state index is 0.0594.